The molecule has 6 nitrogen and oxygen atoms in total. The first kappa shape index (κ1) is 18.5. The smallest absolute Gasteiger partial charge is 0.240 e. The molecule has 2 heterocycles. The van der Waals surface area contributed by atoms with Crippen molar-refractivity contribution in [3.63, 3.8) is 0 Å². The molecule has 0 aliphatic carbocycles. The van der Waals surface area contributed by atoms with E-state index in [4.69, 9.17) is 0 Å². The molecule has 1 N–H and O–H groups in total. The predicted octanol–water partition coefficient (Wildman–Crippen LogP) is 2.78. The molecule has 26 heavy (non-hydrogen) atoms. The Morgan fingerprint density at radius 3 is 2.73 bits per heavy atom. The summed E-state index contributed by atoms with van der Waals surface area (Å²) >= 11 is 1.47. The number of amides is 2. The summed E-state index contributed by atoms with van der Waals surface area (Å²) in [6, 6.07) is 9.82. The summed E-state index contributed by atoms with van der Waals surface area (Å²) in [6.45, 7) is 6.77. The van der Waals surface area contributed by atoms with Crippen molar-refractivity contribution in [2.24, 2.45) is 5.92 Å². The minimum atomic E-state index is -0.135. The van der Waals surface area contributed by atoms with Crippen molar-refractivity contribution < 1.29 is 9.59 Å². The Balaban J connectivity index is 1.83. The van der Waals surface area contributed by atoms with E-state index in [2.05, 4.69) is 24.3 Å². The van der Waals surface area contributed by atoms with Gasteiger partial charge in [0.2, 0.25) is 11.8 Å². The lowest BCUT2D eigenvalue weighted by Gasteiger charge is -2.27. The number of fused-ring (bicyclic) bond motifs is 1. The highest BCUT2D eigenvalue weighted by molar-refractivity contribution is 8.00. The summed E-state index contributed by atoms with van der Waals surface area (Å²) < 4.78 is 1.85. The monoisotopic (exact) mass is 372 g/mol. The highest BCUT2D eigenvalue weighted by Crippen LogP contribution is 2.39. The van der Waals surface area contributed by atoms with Crippen LogP contribution in [0, 0.1) is 12.8 Å². The third-order valence-electron chi connectivity index (χ3n) is 4.24. The third kappa shape index (κ3) is 3.93. The van der Waals surface area contributed by atoms with E-state index >= 15 is 0 Å². The summed E-state index contributed by atoms with van der Waals surface area (Å²) in [5.74, 6) is 0.645. The Morgan fingerprint density at radius 2 is 2.04 bits per heavy atom. The van der Waals surface area contributed by atoms with E-state index in [-0.39, 0.29) is 18.4 Å². The van der Waals surface area contributed by atoms with E-state index in [0.29, 0.717) is 18.2 Å². The van der Waals surface area contributed by atoms with Gasteiger partial charge in [-0.05, 0) is 31.4 Å². The highest BCUT2D eigenvalue weighted by Gasteiger charge is 2.32. The third-order valence-corrected chi connectivity index (χ3v) is 5.27. The molecule has 1 aromatic heterocycles. The Labute approximate surface area is 157 Å². The number of hydrogen-bond donors (Lipinski definition) is 1. The molecule has 0 radical (unpaired) electrons. The SMILES string of the molecule is Cc1nn(-c2ccccc2)c2c1N(CC(=O)NCCC(C)C)C(=O)CS2. The number of carbonyl (C=O) groups excluding carboxylic acids is 2. The lowest BCUT2D eigenvalue weighted by atomic mass is 10.1. The van der Waals surface area contributed by atoms with Crippen molar-refractivity contribution in [1.29, 1.82) is 0 Å². The van der Waals surface area contributed by atoms with Gasteiger partial charge in [-0.25, -0.2) is 4.68 Å². The number of aryl methyl sites for hydroxylation is 1. The Hall–Kier alpha value is -2.28. The Kier molecular flexibility index (Phi) is 5.66. The molecule has 0 saturated heterocycles. The maximum atomic E-state index is 12.5. The van der Waals surface area contributed by atoms with Gasteiger partial charge in [-0.3, -0.25) is 14.5 Å². The zero-order chi connectivity index (χ0) is 18.7. The molecule has 0 spiro atoms. The number of nitrogens with zero attached hydrogens (tertiary/aromatic N) is 3. The van der Waals surface area contributed by atoms with Crippen LogP contribution in [0.3, 0.4) is 0 Å². The number of benzene rings is 1. The zero-order valence-electron chi connectivity index (χ0n) is 15.4. The molecule has 0 fully saturated rings. The summed E-state index contributed by atoms with van der Waals surface area (Å²) in [6.07, 6.45) is 0.922. The summed E-state index contributed by atoms with van der Waals surface area (Å²) in [4.78, 5) is 26.3. The second-order valence-electron chi connectivity index (χ2n) is 6.79. The molecule has 2 aromatic rings. The van der Waals surface area contributed by atoms with Crippen molar-refractivity contribution in [3.8, 4) is 5.69 Å². The second-order valence-corrected chi connectivity index (χ2v) is 7.75. The topological polar surface area (TPSA) is 67.2 Å². The van der Waals surface area contributed by atoms with Crippen LogP contribution in [0.25, 0.3) is 5.69 Å². The van der Waals surface area contributed by atoms with Crippen LogP contribution in [0.4, 0.5) is 5.69 Å². The van der Waals surface area contributed by atoms with Gasteiger partial charge in [0.25, 0.3) is 0 Å². The molecule has 0 bridgehead atoms. The van der Waals surface area contributed by atoms with E-state index in [9.17, 15) is 9.59 Å². The molecule has 0 unspecified atom stereocenters. The summed E-state index contributed by atoms with van der Waals surface area (Å²) in [5.41, 5.74) is 2.44. The van der Waals surface area contributed by atoms with Crippen LogP contribution in [0.15, 0.2) is 35.4 Å². The molecule has 0 atom stereocenters. The molecule has 7 heteroatoms. The maximum absolute atomic E-state index is 12.5. The van der Waals surface area contributed by atoms with Gasteiger partial charge in [-0.1, -0.05) is 43.8 Å². The van der Waals surface area contributed by atoms with E-state index in [1.54, 1.807) is 4.90 Å². The molecule has 1 aliphatic rings. The fraction of sp³-hybridized carbons (Fsp3) is 0.421. The lowest BCUT2D eigenvalue weighted by Crippen LogP contribution is -2.43. The van der Waals surface area contributed by atoms with Crippen LogP contribution in [0.1, 0.15) is 26.0 Å². The number of thioether (sulfide) groups is 1. The minimum Gasteiger partial charge on any atom is -0.355 e. The quantitative estimate of drug-likeness (QED) is 0.847. The van der Waals surface area contributed by atoms with Crippen LogP contribution in [-0.4, -0.2) is 40.4 Å². The molecule has 0 saturated carbocycles. The standard InChI is InChI=1S/C19H24N4O2S/c1-13(2)9-10-20-16(24)11-22-17(25)12-26-19-18(22)14(3)21-23(19)15-7-5-4-6-8-15/h4-8,13H,9-12H2,1-3H3,(H,20,24). The lowest BCUT2D eigenvalue weighted by molar-refractivity contribution is -0.123. The first-order valence-corrected chi connectivity index (χ1v) is 9.81. The number of aromatic nitrogens is 2. The normalized spacial score (nSPS) is 13.8. The molecule has 3 rings (SSSR count). The minimum absolute atomic E-state index is 0.0335. The number of nitrogens with one attached hydrogen (secondary N) is 1. The van der Waals surface area contributed by atoms with Crippen LogP contribution in [0.2, 0.25) is 0 Å². The van der Waals surface area contributed by atoms with Gasteiger partial charge in [0.05, 0.1) is 22.8 Å². The van der Waals surface area contributed by atoms with Gasteiger partial charge in [0.1, 0.15) is 11.6 Å². The highest BCUT2D eigenvalue weighted by atomic mass is 32.2. The van der Waals surface area contributed by atoms with Crippen molar-refractivity contribution >= 4 is 29.3 Å². The second kappa shape index (κ2) is 7.95. The van der Waals surface area contributed by atoms with Crippen LogP contribution in [-0.2, 0) is 9.59 Å². The molecule has 2 amide bonds. The molecular weight excluding hydrogens is 348 g/mol. The van der Waals surface area contributed by atoms with Crippen molar-refractivity contribution in [2.45, 2.75) is 32.2 Å². The van der Waals surface area contributed by atoms with E-state index in [1.165, 1.54) is 11.8 Å². The first-order chi connectivity index (χ1) is 12.5. The van der Waals surface area contributed by atoms with Gasteiger partial charge >= 0.3 is 0 Å². The van der Waals surface area contributed by atoms with Crippen molar-refractivity contribution in [2.75, 3.05) is 23.7 Å². The van der Waals surface area contributed by atoms with Crippen LogP contribution in [0.5, 0.6) is 0 Å². The number of rotatable bonds is 6. The Bertz CT molecular complexity index is 801. The molecule has 138 valence electrons. The summed E-state index contributed by atoms with van der Waals surface area (Å²) in [5, 5.41) is 8.42. The van der Waals surface area contributed by atoms with Gasteiger partial charge in [-0.15, -0.1) is 0 Å². The molecular formula is C19H24N4O2S. The maximum Gasteiger partial charge on any atom is 0.240 e. The van der Waals surface area contributed by atoms with Gasteiger partial charge in [-0.2, -0.15) is 5.10 Å². The van der Waals surface area contributed by atoms with Gasteiger partial charge in [0, 0.05) is 6.54 Å². The van der Waals surface area contributed by atoms with E-state index < -0.39 is 0 Å². The van der Waals surface area contributed by atoms with Crippen molar-refractivity contribution in [1.82, 2.24) is 15.1 Å². The van der Waals surface area contributed by atoms with Crippen LogP contribution >= 0.6 is 11.8 Å². The number of carbonyl (C=O) groups is 2. The van der Waals surface area contributed by atoms with Crippen LogP contribution < -0.4 is 10.2 Å². The van der Waals surface area contributed by atoms with Gasteiger partial charge in [0.15, 0.2) is 0 Å². The van der Waals surface area contributed by atoms with E-state index in [0.717, 1.165) is 28.5 Å². The van der Waals surface area contributed by atoms with Gasteiger partial charge < -0.3 is 5.32 Å². The zero-order valence-corrected chi connectivity index (χ0v) is 16.2. The average Bonchev–Trinajstić information content (AvgIpc) is 2.95. The Morgan fingerprint density at radius 1 is 1.31 bits per heavy atom. The number of anilines is 1. The molecule has 1 aromatic carbocycles. The van der Waals surface area contributed by atoms with Crippen molar-refractivity contribution in [3.05, 3.63) is 36.0 Å². The fourth-order valence-electron chi connectivity index (χ4n) is 2.88. The molecule has 1 aliphatic heterocycles. The summed E-state index contributed by atoms with van der Waals surface area (Å²) in [7, 11) is 0. The predicted molar refractivity (Wildman–Crippen MR) is 104 cm³/mol. The van der Waals surface area contributed by atoms with E-state index in [1.807, 2.05) is 41.9 Å². The largest absolute Gasteiger partial charge is 0.355 e. The average molecular weight is 372 g/mol. The first-order valence-electron chi connectivity index (χ1n) is 8.82. The number of hydrogen-bond acceptors (Lipinski definition) is 4. The number of para-hydroxylation sites is 1. The fourth-order valence-corrected chi connectivity index (χ4v) is 3.96.